The van der Waals surface area contributed by atoms with E-state index in [9.17, 15) is 21.6 Å². The van der Waals surface area contributed by atoms with E-state index in [1.165, 1.54) is 17.3 Å². The summed E-state index contributed by atoms with van der Waals surface area (Å²) in [6.07, 6.45) is 4.79. The topological polar surface area (TPSA) is 181 Å². The number of fused-ring (bicyclic) bond motifs is 2. The summed E-state index contributed by atoms with van der Waals surface area (Å²) in [4.78, 5) is 31.5. The summed E-state index contributed by atoms with van der Waals surface area (Å²) in [5.74, 6) is 0.291. The summed E-state index contributed by atoms with van der Waals surface area (Å²) in [5, 5.41) is 3.21. The number of benzene rings is 2. The molecule has 0 bridgehead atoms. The molecule has 1 aliphatic rings. The minimum atomic E-state index is -3.57. The second-order valence-electron chi connectivity index (χ2n) is 10.5. The first-order valence-corrected chi connectivity index (χ1v) is 17.8. The molecule has 0 radical (unpaired) electrons. The Morgan fingerprint density at radius 1 is 1.14 bits per heavy atom. The van der Waals surface area contributed by atoms with Crippen LogP contribution < -0.4 is 11.1 Å². The molecule has 12 nitrogen and oxygen atoms in total. The number of H-pyrrole nitrogens is 1. The van der Waals surface area contributed by atoms with Crippen molar-refractivity contribution < 1.29 is 21.6 Å². The predicted molar refractivity (Wildman–Crippen MR) is 163 cm³/mol. The molecule has 1 fully saturated rings. The van der Waals surface area contributed by atoms with Gasteiger partial charge in [-0.15, -0.1) is 0 Å². The molecule has 2 unspecified atom stereocenters. The monoisotopic (exact) mass is 653 g/mol. The average molecular weight is 655 g/mol. The molecule has 0 saturated carbocycles. The van der Waals surface area contributed by atoms with Crippen molar-refractivity contribution in [3.63, 3.8) is 0 Å². The fourth-order valence-corrected chi connectivity index (χ4v) is 7.06. The Labute approximate surface area is 252 Å². The van der Waals surface area contributed by atoms with Gasteiger partial charge in [-0.25, -0.2) is 31.8 Å². The van der Waals surface area contributed by atoms with Gasteiger partial charge in [0, 0.05) is 29.5 Å². The van der Waals surface area contributed by atoms with Crippen LogP contribution in [0.25, 0.3) is 21.9 Å². The van der Waals surface area contributed by atoms with Gasteiger partial charge in [-0.3, -0.25) is 4.79 Å². The number of nitrogens with zero attached hydrogens (tertiary/aromatic N) is 4. The number of halogens is 2. The van der Waals surface area contributed by atoms with E-state index in [1.54, 1.807) is 24.3 Å². The van der Waals surface area contributed by atoms with Gasteiger partial charge in [0.25, 0.3) is 5.91 Å². The van der Waals surface area contributed by atoms with Crippen LogP contribution in [0.2, 0.25) is 10.0 Å². The fourth-order valence-electron chi connectivity index (χ4n) is 5.12. The lowest BCUT2D eigenvalue weighted by molar-refractivity contribution is 0.0734. The number of likely N-dealkylation sites (tertiary alicyclic amines) is 1. The van der Waals surface area contributed by atoms with Gasteiger partial charge < -0.3 is 20.9 Å². The number of carbonyl (C=O) groups is 1. The second-order valence-corrected chi connectivity index (χ2v) is 15.8. The van der Waals surface area contributed by atoms with E-state index in [0.717, 1.165) is 12.5 Å². The molecule has 4 aromatic rings. The molecule has 16 heteroatoms. The van der Waals surface area contributed by atoms with Crippen LogP contribution in [0.3, 0.4) is 0 Å². The molecule has 1 aliphatic heterocycles. The molecule has 1 saturated heterocycles. The van der Waals surface area contributed by atoms with Gasteiger partial charge in [0.05, 0.1) is 45.0 Å². The van der Waals surface area contributed by atoms with Crippen LogP contribution >= 0.6 is 23.2 Å². The van der Waals surface area contributed by atoms with Crippen molar-refractivity contribution in [1.29, 1.82) is 0 Å². The molecular weight excluding hydrogens is 625 g/mol. The number of hydrogen-bond acceptors (Lipinski definition) is 10. The third-order valence-corrected chi connectivity index (χ3v) is 10.1. The van der Waals surface area contributed by atoms with Crippen LogP contribution in [0.5, 0.6) is 0 Å². The molecule has 224 valence electrons. The van der Waals surface area contributed by atoms with Crippen LogP contribution in [-0.4, -0.2) is 83.8 Å². The highest BCUT2D eigenvalue weighted by Gasteiger charge is 2.38. The Kier molecular flexibility index (Phi) is 8.38. The number of nitrogens with two attached hydrogens (primary N) is 1. The number of rotatable bonds is 9. The van der Waals surface area contributed by atoms with Crippen molar-refractivity contribution in [2.75, 3.05) is 30.1 Å². The summed E-state index contributed by atoms with van der Waals surface area (Å²) in [6.45, 7) is 0.350. The Balaban J connectivity index is 1.49. The number of sulfone groups is 2. The molecule has 2 aromatic carbocycles. The van der Waals surface area contributed by atoms with Gasteiger partial charge in [0.2, 0.25) is 0 Å². The van der Waals surface area contributed by atoms with Crippen LogP contribution in [-0.2, 0) is 19.7 Å². The SMILES string of the molecule is CS(=O)(=O)CCC(Nc1ncnc2cc(C(=O)N3CCC[C@@H]3C(N)S(C)(=O)=O)c(Cl)cc12)c1nc2ccc(Cl)cc2[nH]1. The van der Waals surface area contributed by atoms with E-state index in [-0.39, 0.29) is 22.8 Å². The lowest BCUT2D eigenvalue weighted by atomic mass is 10.1. The third kappa shape index (κ3) is 6.47. The minimum absolute atomic E-state index is 0.114. The number of hydrogen-bond donors (Lipinski definition) is 3. The molecule has 4 N–H and O–H groups in total. The summed E-state index contributed by atoms with van der Waals surface area (Å²) < 4.78 is 48.3. The highest BCUT2D eigenvalue weighted by Crippen LogP contribution is 2.33. The quantitative estimate of drug-likeness (QED) is 0.242. The standard InChI is InChI=1S/C26H29Cl2N7O5S2/c1-41(37,38)9-7-19(25-32-18-6-5-14(27)10-21(18)34-25)33-24-16-11-17(28)15(12-20(16)30-13-31-24)26(36)35-8-3-4-22(35)23(29)42(2,39)40/h5-6,10-13,19,22-23H,3-4,7-9,29H2,1-2H3,(H,32,34)(H,30,31,33)/t19?,22-,23?/m1/s1. The van der Waals surface area contributed by atoms with Crippen LogP contribution in [0.15, 0.2) is 36.7 Å². The smallest absolute Gasteiger partial charge is 0.255 e. The molecule has 0 aliphatic carbocycles. The number of anilines is 1. The largest absolute Gasteiger partial charge is 0.359 e. The van der Waals surface area contributed by atoms with Gasteiger partial charge in [0.15, 0.2) is 9.84 Å². The molecule has 42 heavy (non-hydrogen) atoms. The number of aromatic amines is 1. The van der Waals surface area contributed by atoms with Crippen molar-refractivity contribution in [3.8, 4) is 0 Å². The van der Waals surface area contributed by atoms with Gasteiger partial charge in [-0.2, -0.15) is 0 Å². The lowest BCUT2D eigenvalue weighted by Crippen LogP contribution is -2.50. The number of carbonyl (C=O) groups excluding carboxylic acids is 1. The number of imidazole rings is 1. The summed E-state index contributed by atoms with van der Waals surface area (Å²) in [7, 11) is -6.87. The lowest BCUT2D eigenvalue weighted by Gasteiger charge is -2.28. The van der Waals surface area contributed by atoms with Crippen molar-refractivity contribution in [1.82, 2.24) is 24.8 Å². The molecule has 0 spiro atoms. The van der Waals surface area contributed by atoms with Gasteiger partial charge in [-0.05, 0) is 49.6 Å². The number of nitrogens with one attached hydrogen (secondary N) is 2. The first kappa shape index (κ1) is 30.4. The minimum Gasteiger partial charge on any atom is -0.359 e. The molecule has 2 aromatic heterocycles. The Morgan fingerprint density at radius 2 is 1.90 bits per heavy atom. The van der Waals surface area contributed by atoms with Crippen LogP contribution in [0.1, 0.15) is 41.5 Å². The highest BCUT2D eigenvalue weighted by atomic mass is 35.5. The van der Waals surface area contributed by atoms with Crippen LogP contribution in [0, 0.1) is 0 Å². The van der Waals surface area contributed by atoms with E-state index in [4.69, 9.17) is 28.9 Å². The Hall–Kier alpha value is -3.04. The molecule has 5 rings (SSSR count). The van der Waals surface area contributed by atoms with Crippen molar-refractivity contribution in [3.05, 3.63) is 58.1 Å². The fraction of sp³-hybridized carbons (Fsp3) is 0.385. The highest BCUT2D eigenvalue weighted by molar-refractivity contribution is 7.91. The van der Waals surface area contributed by atoms with Gasteiger partial charge >= 0.3 is 0 Å². The van der Waals surface area contributed by atoms with Crippen molar-refractivity contribution in [2.24, 2.45) is 5.73 Å². The summed E-state index contributed by atoms with van der Waals surface area (Å²) in [5.41, 5.74) is 7.91. The average Bonchev–Trinajstić information content (AvgIpc) is 3.56. The molecule has 1 amide bonds. The van der Waals surface area contributed by atoms with E-state index < -0.39 is 43.0 Å². The zero-order valence-electron chi connectivity index (χ0n) is 22.7. The van der Waals surface area contributed by atoms with Crippen molar-refractivity contribution >= 4 is 76.5 Å². The van der Waals surface area contributed by atoms with Crippen LogP contribution in [0.4, 0.5) is 5.82 Å². The van der Waals surface area contributed by atoms with E-state index in [2.05, 4.69) is 25.3 Å². The number of amides is 1. The zero-order chi connectivity index (χ0) is 30.4. The van der Waals surface area contributed by atoms with E-state index in [0.29, 0.717) is 58.0 Å². The second kappa shape index (κ2) is 11.6. The molecular formula is C26H29Cl2N7O5S2. The summed E-state index contributed by atoms with van der Waals surface area (Å²) >= 11 is 12.7. The predicted octanol–water partition coefficient (Wildman–Crippen LogP) is 3.33. The molecule has 3 heterocycles. The maximum absolute atomic E-state index is 13.5. The Bertz CT molecular complexity index is 1900. The number of aromatic nitrogens is 4. The summed E-state index contributed by atoms with van der Waals surface area (Å²) in [6, 6.07) is 7.03. The Morgan fingerprint density at radius 3 is 2.62 bits per heavy atom. The molecule has 3 atom stereocenters. The first-order valence-electron chi connectivity index (χ1n) is 13.0. The maximum atomic E-state index is 13.5. The van der Waals surface area contributed by atoms with E-state index in [1.807, 2.05) is 0 Å². The third-order valence-electron chi connectivity index (χ3n) is 7.27. The normalized spacial score (nSPS) is 17.5. The van der Waals surface area contributed by atoms with Gasteiger partial charge in [-0.1, -0.05) is 23.2 Å². The maximum Gasteiger partial charge on any atom is 0.255 e. The zero-order valence-corrected chi connectivity index (χ0v) is 25.9. The first-order chi connectivity index (χ1) is 19.7. The van der Waals surface area contributed by atoms with Crippen molar-refractivity contribution in [2.45, 2.75) is 36.7 Å². The van der Waals surface area contributed by atoms with E-state index >= 15 is 0 Å². The van der Waals surface area contributed by atoms with Gasteiger partial charge in [0.1, 0.15) is 33.2 Å².